The SMILES string of the molecule is CCNC(=O)C(C)N(Cc1ccc(F)cc1)C(=O)CN(c1cccc(Cl)c1Cl)S(C)(=O)=O. The zero-order valence-corrected chi connectivity index (χ0v) is 20.1. The van der Waals surface area contributed by atoms with Gasteiger partial charge in [0.25, 0.3) is 0 Å². The highest BCUT2D eigenvalue weighted by Gasteiger charge is 2.30. The summed E-state index contributed by atoms with van der Waals surface area (Å²) >= 11 is 12.2. The number of anilines is 1. The van der Waals surface area contributed by atoms with Gasteiger partial charge in [0, 0.05) is 13.1 Å². The van der Waals surface area contributed by atoms with Crippen LogP contribution in [0.15, 0.2) is 42.5 Å². The molecule has 2 amide bonds. The Hall–Kier alpha value is -2.36. The van der Waals surface area contributed by atoms with Crippen LogP contribution in [0.3, 0.4) is 0 Å². The molecule has 1 unspecified atom stereocenters. The minimum absolute atomic E-state index is 0.0192. The van der Waals surface area contributed by atoms with Crippen LogP contribution in [0.4, 0.5) is 10.1 Å². The van der Waals surface area contributed by atoms with Crippen molar-refractivity contribution in [2.45, 2.75) is 26.4 Å². The van der Waals surface area contributed by atoms with Crippen LogP contribution in [0.5, 0.6) is 0 Å². The zero-order valence-electron chi connectivity index (χ0n) is 17.8. The third-order valence-electron chi connectivity index (χ3n) is 4.66. The summed E-state index contributed by atoms with van der Waals surface area (Å²) in [6.45, 7) is 2.99. The van der Waals surface area contributed by atoms with Crippen molar-refractivity contribution in [2.75, 3.05) is 23.7 Å². The second-order valence-corrected chi connectivity index (χ2v) is 9.75. The van der Waals surface area contributed by atoms with Crippen LogP contribution in [-0.4, -0.2) is 50.5 Å². The largest absolute Gasteiger partial charge is 0.355 e. The van der Waals surface area contributed by atoms with E-state index >= 15 is 0 Å². The Kier molecular flexibility index (Phi) is 8.89. The van der Waals surface area contributed by atoms with Crippen molar-refractivity contribution in [1.29, 1.82) is 0 Å². The Morgan fingerprint density at radius 1 is 1.12 bits per heavy atom. The molecule has 11 heteroatoms. The first-order chi connectivity index (χ1) is 15.0. The Bertz CT molecular complexity index is 1080. The maximum Gasteiger partial charge on any atom is 0.244 e. The number of nitrogens with zero attached hydrogens (tertiary/aromatic N) is 2. The third-order valence-corrected chi connectivity index (χ3v) is 6.60. The van der Waals surface area contributed by atoms with Crippen LogP contribution in [0.25, 0.3) is 0 Å². The first-order valence-electron chi connectivity index (χ1n) is 9.69. The van der Waals surface area contributed by atoms with Gasteiger partial charge in [-0.05, 0) is 43.7 Å². The monoisotopic (exact) mass is 503 g/mol. The summed E-state index contributed by atoms with van der Waals surface area (Å²) in [7, 11) is -3.93. The first-order valence-corrected chi connectivity index (χ1v) is 12.3. The number of amides is 2. The highest BCUT2D eigenvalue weighted by Crippen LogP contribution is 2.33. The molecule has 0 aliphatic heterocycles. The zero-order chi connectivity index (χ0) is 24.1. The number of likely N-dealkylation sites (N-methyl/N-ethyl adjacent to an activating group) is 1. The average molecular weight is 504 g/mol. The highest BCUT2D eigenvalue weighted by molar-refractivity contribution is 7.92. The molecule has 32 heavy (non-hydrogen) atoms. The number of carbonyl (C=O) groups excluding carboxylic acids is 2. The fourth-order valence-electron chi connectivity index (χ4n) is 2.97. The van der Waals surface area contributed by atoms with Crippen molar-refractivity contribution in [3.8, 4) is 0 Å². The number of hydrogen-bond acceptors (Lipinski definition) is 4. The van der Waals surface area contributed by atoms with Crippen LogP contribution in [0.1, 0.15) is 19.4 Å². The molecule has 174 valence electrons. The van der Waals surface area contributed by atoms with E-state index in [1.54, 1.807) is 6.92 Å². The summed E-state index contributed by atoms with van der Waals surface area (Å²) in [6.07, 6.45) is 0.940. The fraction of sp³-hybridized carbons (Fsp3) is 0.333. The van der Waals surface area contributed by atoms with Crippen LogP contribution < -0.4 is 9.62 Å². The Labute approximate surface area is 197 Å². The van der Waals surface area contributed by atoms with E-state index in [0.29, 0.717) is 12.1 Å². The quantitative estimate of drug-likeness (QED) is 0.567. The van der Waals surface area contributed by atoms with Gasteiger partial charge >= 0.3 is 0 Å². The van der Waals surface area contributed by atoms with Crippen molar-refractivity contribution in [3.05, 3.63) is 63.9 Å². The Balaban J connectivity index is 2.42. The van der Waals surface area contributed by atoms with E-state index in [9.17, 15) is 22.4 Å². The van der Waals surface area contributed by atoms with Gasteiger partial charge in [-0.3, -0.25) is 13.9 Å². The van der Waals surface area contributed by atoms with Crippen LogP contribution in [-0.2, 0) is 26.2 Å². The van der Waals surface area contributed by atoms with E-state index < -0.39 is 40.2 Å². The lowest BCUT2D eigenvalue weighted by atomic mass is 10.1. The van der Waals surface area contributed by atoms with E-state index in [1.165, 1.54) is 54.3 Å². The van der Waals surface area contributed by atoms with Gasteiger partial charge in [-0.15, -0.1) is 0 Å². The minimum Gasteiger partial charge on any atom is -0.355 e. The van der Waals surface area contributed by atoms with Crippen molar-refractivity contribution in [2.24, 2.45) is 0 Å². The molecule has 1 atom stereocenters. The van der Waals surface area contributed by atoms with E-state index in [0.717, 1.165) is 10.6 Å². The minimum atomic E-state index is -3.93. The van der Waals surface area contributed by atoms with Gasteiger partial charge in [-0.25, -0.2) is 12.8 Å². The van der Waals surface area contributed by atoms with Crippen molar-refractivity contribution in [1.82, 2.24) is 10.2 Å². The number of sulfonamides is 1. The van der Waals surface area contributed by atoms with Crippen molar-refractivity contribution < 1.29 is 22.4 Å². The van der Waals surface area contributed by atoms with Crippen LogP contribution in [0.2, 0.25) is 10.0 Å². The van der Waals surface area contributed by atoms with Crippen LogP contribution in [0, 0.1) is 5.82 Å². The van der Waals surface area contributed by atoms with Gasteiger partial charge < -0.3 is 10.2 Å². The summed E-state index contributed by atoms with van der Waals surface area (Å²) in [5.41, 5.74) is 0.616. The van der Waals surface area contributed by atoms with E-state index in [1.807, 2.05) is 0 Å². The highest BCUT2D eigenvalue weighted by atomic mass is 35.5. The van der Waals surface area contributed by atoms with Gasteiger partial charge in [0.2, 0.25) is 21.8 Å². The number of carbonyl (C=O) groups is 2. The van der Waals surface area contributed by atoms with Gasteiger partial charge in [0.1, 0.15) is 18.4 Å². The normalized spacial score (nSPS) is 12.2. The molecule has 0 bridgehead atoms. The molecule has 0 saturated carbocycles. The number of halogens is 3. The summed E-state index contributed by atoms with van der Waals surface area (Å²) in [5, 5.41) is 2.75. The molecule has 0 fully saturated rings. The molecule has 2 rings (SSSR count). The van der Waals surface area contributed by atoms with E-state index in [-0.39, 0.29) is 22.3 Å². The van der Waals surface area contributed by atoms with E-state index in [2.05, 4.69) is 5.32 Å². The third kappa shape index (κ3) is 6.57. The summed E-state index contributed by atoms with van der Waals surface area (Å²) in [6, 6.07) is 8.98. The molecule has 0 radical (unpaired) electrons. The molecule has 2 aromatic rings. The number of hydrogen-bond donors (Lipinski definition) is 1. The molecule has 0 spiro atoms. The van der Waals surface area contributed by atoms with Gasteiger partial charge in [-0.1, -0.05) is 41.4 Å². The average Bonchev–Trinajstić information content (AvgIpc) is 2.72. The maximum absolute atomic E-state index is 13.3. The maximum atomic E-state index is 13.3. The molecule has 2 aromatic carbocycles. The summed E-state index contributed by atoms with van der Waals surface area (Å²) in [4.78, 5) is 27.0. The summed E-state index contributed by atoms with van der Waals surface area (Å²) in [5.74, 6) is -1.49. The molecule has 1 N–H and O–H groups in total. The number of rotatable bonds is 9. The van der Waals surface area contributed by atoms with Gasteiger partial charge in [-0.2, -0.15) is 0 Å². The molecule has 0 aromatic heterocycles. The number of nitrogens with one attached hydrogen (secondary N) is 1. The Morgan fingerprint density at radius 3 is 2.31 bits per heavy atom. The molecule has 0 heterocycles. The number of benzene rings is 2. The molecule has 0 aliphatic carbocycles. The van der Waals surface area contributed by atoms with Crippen molar-refractivity contribution in [3.63, 3.8) is 0 Å². The second-order valence-electron chi connectivity index (χ2n) is 7.06. The van der Waals surface area contributed by atoms with E-state index in [4.69, 9.17) is 23.2 Å². The van der Waals surface area contributed by atoms with Gasteiger partial charge in [0.15, 0.2) is 0 Å². The van der Waals surface area contributed by atoms with Gasteiger partial charge in [0.05, 0.1) is 22.0 Å². The predicted octanol–water partition coefficient (Wildman–Crippen LogP) is 3.45. The molecule has 0 aliphatic rings. The molecular weight excluding hydrogens is 480 g/mol. The molecule has 0 saturated heterocycles. The first kappa shape index (κ1) is 25.9. The lowest BCUT2D eigenvalue weighted by Crippen LogP contribution is -2.51. The second kappa shape index (κ2) is 11.0. The summed E-state index contributed by atoms with van der Waals surface area (Å²) < 4.78 is 39.1. The molecular formula is C21H24Cl2FN3O4S. The van der Waals surface area contributed by atoms with Crippen molar-refractivity contribution >= 4 is 50.7 Å². The lowest BCUT2D eigenvalue weighted by molar-refractivity contribution is -0.139. The predicted molar refractivity (Wildman–Crippen MR) is 124 cm³/mol. The smallest absolute Gasteiger partial charge is 0.244 e. The lowest BCUT2D eigenvalue weighted by Gasteiger charge is -2.31. The molecule has 7 nitrogen and oxygen atoms in total. The Morgan fingerprint density at radius 2 is 1.75 bits per heavy atom. The topological polar surface area (TPSA) is 86.8 Å². The standard InChI is InChI=1S/C21H24Cl2FN3O4S/c1-4-25-21(29)14(2)26(12-15-8-10-16(24)11-9-15)19(28)13-27(32(3,30)31)18-7-5-6-17(22)20(18)23/h5-11,14H,4,12-13H2,1-3H3,(H,25,29). The van der Waals surface area contributed by atoms with Crippen LogP contribution >= 0.6 is 23.2 Å². The fourth-order valence-corrected chi connectivity index (χ4v) is 4.27.